The van der Waals surface area contributed by atoms with Gasteiger partial charge in [0.25, 0.3) is 5.91 Å². The number of aryl methyl sites for hydroxylation is 1. The molecule has 0 aromatic carbocycles. The summed E-state index contributed by atoms with van der Waals surface area (Å²) in [7, 11) is 1.70. The predicted octanol–water partition coefficient (Wildman–Crippen LogP) is 0.745. The first kappa shape index (κ1) is 8.04. The second-order valence-electron chi connectivity index (χ2n) is 3.02. The number of carbonyl (C=O) groups excluding carboxylic acids is 1. The van der Waals surface area contributed by atoms with Crippen LogP contribution in [-0.2, 0) is 4.79 Å². The highest BCUT2D eigenvalue weighted by atomic mass is 16.5. The van der Waals surface area contributed by atoms with Crippen LogP contribution in [0.2, 0.25) is 0 Å². The molecule has 1 aromatic heterocycles. The van der Waals surface area contributed by atoms with Crippen LogP contribution in [0.1, 0.15) is 5.69 Å². The molecular formula is C9H10N2O2. The topological polar surface area (TPSA) is 42.4 Å². The lowest BCUT2D eigenvalue weighted by atomic mass is 10.3. The largest absolute Gasteiger partial charge is 0.480 e. The summed E-state index contributed by atoms with van der Waals surface area (Å²) < 4.78 is 5.21. The van der Waals surface area contributed by atoms with E-state index in [1.807, 2.05) is 19.1 Å². The molecule has 1 amide bonds. The van der Waals surface area contributed by atoms with Gasteiger partial charge in [0.05, 0.1) is 0 Å². The molecule has 0 saturated heterocycles. The highest BCUT2D eigenvalue weighted by molar-refractivity contribution is 5.96. The lowest BCUT2D eigenvalue weighted by Crippen LogP contribution is -2.36. The fourth-order valence-corrected chi connectivity index (χ4v) is 1.24. The molecule has 0 N–H and O–H groups in total. The van der Waals surface area contributed by atoms with Crippen molar-refractivity contribution in [2.75, 3.05) is 18.6 Å². The molecular weight excluding hydrogens is 168 g/mol. The third-order valence-corrected chi connectivity index (χ3v) is 2.02. The Bertz CT molecular complexity index is 363. The van der Waals surface area contributed by atoms with Crippen LogP contribution in [0.4, 0.5) is 5.82 Å². The molecule has 0 bridgehead atoms. The van der Waals surface area contributed by atoms with E-state index in [9.17, 15) is 4.79 Å². The number of aromatic nitrogens is 1. The molecule has 2 heterocycles. The van der Waals surface area contributed by atoms with Crippen LogP contribution in [0.5, 0.6) is 5.75 Å². The van der Waals surface area contributed by atoms with Gasteiger partial charge in [0.2, 0.25) is 0 Å². The van der Waals surface area contributed by atoms with Crippen LogP contribution in [0.15, 0.2) is 12.1 Å². The Hall–Kier alpha value is -1.58. The first-order valence-electron chi connectivity index (χ1n) is 4.05. The van der Waals surface area contributed by atoms with E-state index in [0.717, 1.165) is 5.69 Å². The zero-order chi connectivity index (χ0) is 9.42. The zero-order valence-corrected chi connectivity index (χ0v) is 7.57. The monoisotopic (exact) mass is 178 g/mol. The summed E-state index contributed by atoms with van der Waals surface area (Å²) in [6.45, 7) is 1.99. The van der Waals surface area contributed by atoms with Crippen molar-refractivity contribution in [3.8, 4) is 5.75 Å². The number of fused-ring (bicyclic) bond motifs is 1. The first-order chi connectivity index (χ1) is 6.18. The van der Waals surface area contributed by atoms with E-state index in [4.69, 9.17) is 4.74 Å². The van der Waals surface area contributed by atoms with Gasteiger partial charge in [-0.3, -0.25) is 9.69 Å². The molecule has 4 nitrogen and oxygen atoms in total. The fourth-order valence-electron chi connectivity index (χ4n) is 1.24. The van der Waals surface area contributed by atoms with Crippen molar-refractivity contribution in [2.24, 2.45) is 0 Å². The number of anilines is 1. The van der Waals surface area contributed by atoms with Crippen molar-refractivity contribution in [1.29, 1.82) is 0 Å². The Morgan fingerprint density at radius 3 is 3.08 bits per heavy atom. The number of carbonyl (C=O) groups is 1. The molecule has 13 heavy (non-hydrogen) atoms. The summed E-state index contributed by atoms with van der Waals surface area (Å²) in [4.78, 5) is 17.0. The van der Waals surface area contributed by atoms with Crippen LogP contribution in [0, 0.1) is 6.92 Å². The van der Waals surface area contributed by atoms with Crippen molar-refractivity contribution in [1.82, 2.24) is 4.98 Å². The minimum absolute atomic E-state index is 0.0643. The van der Waals surface area contributed by atoms with Crippen molar-refractivity contribution in [3.05, 3.63) is 17.8 Å². The standard InChI is InChI=1S/C9H10N2O2/c1-6-3-4-7-9(10-6)11(2)8(12)5-13-7/h3-4H,5H2,1-2H3. The van der Waals surface area contributed by atoms with E-state index in [1.54, 1.807) is 7.05 Å². The minimum atomic E-state index is -0.0643. The van der Waals surface area contributed by atoms with Crippen LogP contribution >= 0.6 is 0 Å². The van der Waals surface area contributed by atoms with E-state index in [2.05, 4.69) is 4.98 Å². The minimum Gasteiger partial charge on any atom is -0.480 e. The van der Waals surface area contributed by atoms with Crippen LogP contribution < -0.4 is 9.64 Å². The summed E-state index contributed by atoms with van der Waals surface area (Å²) in [5, 5.41) is 0. The summed E-state index contributed by atoms with van der Waals surface area (Å²) in [6, 6.07) is 3.70. The number of nitrogens with zero attached hydrogens (tertiary/aromatic N) is 2. The molecule has 1 aliphatic rings. The van der Waals surface area contributed by atoms with Gasteiger partial charge in [-0.25, -0.2) is 4.98 Å². The molecule has 0 saturated carbocycles. The van der Waals surface area contributed by atoms with Gasteiger partial charge < -0.3 is 4.74 Å². The van der Waals surface area contributed by atoms with Gasteiger partial charge in [0, 0.05) is 12.7 Å². The SMILES string of the molecule is Cc1ccc2c(n1)N(C)C(=O)CO2. The summed E-state index contributed by atoms with van der Waals surface area (Å²) in [5.74, 6) is 1.22. The average Bonchev–Trinajstić information content (AvgIpc) is 2.12. The highest BCUT2D eigenvalue weighted by Gasteiger charge is 2.23. The molecule has 0 radical (unpaired) electrons. The van der Waals surface area contributed by atoms with E-state index >= 15 is 0 Å². The zero-order valence-electron chi connectivity index (χ0n) is 7.57. The van der Waals surface area contributed by atoms with Crippen LogP contribution in [0.25, 0.3) is 0 Å². The van der Waals surface area contributed by atoms with E-state index in [-0.39, 0.29) is 12.5 Å². The number of likely N-dealkylation sites (N-methyl/N-ethyl adjacent to an activating group) is 1. The lowest BCUT2D eigenvalue weighted by molar-refractivity contribution is -0.121. The second kappa shape index (κ2) is 2.73. The van der Waals surface area contributed by atoms with Gasteiger partial charge in [-0.1, -0.05) is 0 Å². The third kappa shape index (κ3) is 1.24. The maximum Gasteiger partial charge on any atom is 0.265 e. The molecule has 0 atom stereocenters. The van der Waals surface area contributed by atoms with Crippen LogP contribution in [-0.4, -0.2) is 24.5 Å². The molecule has 0 spiro atoms. The number of pyridine rings is 1. The Balaban J connectivity index is 2.51. The van der Waals surface area contributed by atoms with Gasteiger partial charge in [0.1, 0.15) is 0 Å². The number of rotatable bonds is 0. The van der Waals surface area contributed by atoms with Gasteiger partial charge in [-0.2, -0.15) is 0 Å². The summed E-state index contributed by atoms with van der Waals surface area (Å²) in [5.41, 5.74) is 0.879. The number of hydrogen-bond acceptors (Lipinski definition) is 3. The molecule has 4 heteroatoms. The fraction of sp³-hybridized carbons (Fsp3) is 0.333. The second-order valence-corrected chi connectivity index (χ2v) is 3.02. The van der Waals surface area contributed by atoms with Gasteiger partial charge >= 0.3 is 0 Å². The Morgan fingerprint density at radius 2 is 2.31 bits per heavy atom. The number of hydrogen-bond donors (Lipinski definition) is 0. The molecule has 1 aliphatic heterocycles. The Morgan fingerprint density at radius 1 is 1.54 bits per heavy atom. The quantitative estimate of drug-likeness (QED) is 0.588. The predicted molar refractivity (Wildman–Crippen MR) is 47.9 cm³/mol. The molecule has 0 aliphatic carbocycles. The van der Waals surface area contributed by atoms with Crippen molar-refractivity contribution in [3.63, 3.8) is 0 Å². The average molecular weight is 178 g/mol. The Labute approximate surface area is 76.1 Å². The normalized spacial score (nSPS) is 15.2. The smallest absolute Gasteiger partial charge is 0.265 e. The van der Waals surface area contributed by atoms with Gasteiger partial charge in [-0.15, -0.1) is 0 Å². The van der Waals surface area contributed by atoms with E-state index < -0.39 is 0 Å². The maximum absolute atomic E-state index is 11.2. The van der Waals surface area contributed by atoms with Crippen molar-refractivity contribution >= 4 is 11.7 Å². The number of ether oxygens (including phenoxy) is 1. The Kier molecular flexibility index (Phi) is 1.69. The molecule has 0 fully saturated rings. The third-order valence-electron chi connectivity index (χ3n) is 2.02. The van der Waals surface area contributed by atoms with Crippen LogP contribution in [0.3, 0.4) is 0 Å². The highest BCUT2D eigenvalue weighted by Crippen LogP contribution is 2.28. The lowest BCUT2D eigenvalue weighted by Gasteiger charge is -2.24. The van der Waals surface area contributed by atoms with Gasteiger partial charge in [0.15, 0.2) is 18.2 Å². The summed E-state index contributed by atoms with van der Waals surface area (Å²) >= 11 is 0. The van der Waals surface area contributed by atoms with E-state index in [0.29, 0.717) is 11.6 Å². The van der Waals surface area contributed by atoms with E-state index in [1.165, 1.54) is 4.90 Å². The van der Waals surface area contributed by atoms with Crippen molar-refractivity contribution < 1.29 is 9.53 Å². The summed E-state index contributed by atoms with van der Waals surface area (Å²) in [6.07, 6.45) is 0. The molecule has 68 valence electrons. The van der Waals surface area contributed by atoms with Gasteiger partial charge in [-0.05, 0) is 19.1 Å². The molecule has 0 unspecified atom stereocenters. The van der Waals surface area contributed by atoms with Crippen molar-refractivity contribution in [2.45, 2.75) is 6.92 Å². The first-order valence-corrected chi connectivity index (χ1v) is 4.05. The maximum atomic E-state index is 11.2. The molecule has 1 aromatic rings. The molecule has 2 rings (SSSR count). The number of amides is 1.